The lowest BCUT2D eigenvalue weighted by Crippen LogP contribution is -2.39. The lowest BCUT2D eigenvalue weighted by atomic mass is 9.97. The molecular weight excluding hydrogens is 495 g/mol. The molecule has 0 atom stereocenters. The van der Waals surface area contributed by atoms with Gasteiger partial charge in [-0.2, -0.15) is 13.2 Å². The molecule has 0 N–H and O–H groups in total. The van der Waals surface area contributed by atoms with Gasteiger partial charge in [0.25, 0.3) is 0 Å². The first-order valence-corrected chi connectivity index (χ1v) is 12.5. The van der Waals surface area contributed by atoms with Gasteiger partial charge in [-0.15, -0.1) is 0 Å². The van der Waals surface area contributed by atoms with E-state index in [2.05, 4.69) is 0 Å². The second kappa shape index (κ2) is 11.3. The molecule has 2 heterocycles. The van der Waals surface area contributed by atoms with Crippen LogP contribution in [0.3, 0.4) is 0 Å². The fourth-order valence-electron chi connectivity index (χ4n) is 4.04. The first-order chi connectivity index (χ1) is 17.2. The van der Waals surface area contributed by atoms with Crippen LogP contribution in [0, 0.1) is 5.92 Å². The van der Waals surface area contributed by atoms with E-state index in [9.17, 15) is 22.8 Å². The van der Waals surface area contributed by atoms with Crippen LogP contribution in [0.15, 0.2) is 52.3 Å². The van der Waals surface area contributed by atoms with Gasteiger partial charge in [0.2, 0.25) is 5.91 Å². The molecule has 0 saturated carbocycles. The van der Waals surface area contributed by atoms with E-state index in [0.717, 1.165) is 17.8 Å². The molecule has 4 rings (SSSR count). The van der Waals surface area contributed by atoms with Crippen molar-refractivity contribution in [3.8, 4) is 11.5 Å². The molecule has 0 spiro atoms. The van der Waals surface area contributed by atoms with Crippen molar-refractivity contribution in [1.82, 2.24) is 4.90 Å². The molecule has 2 aliphatic heterocycles. The maximum Gasteiger partial charge on any atom is 0.417 e. The summed E-state index contributed by atoms with van der Waals surface area (Å²) in [6.07, 6.45) is -0.912. The SMILES string of the molecule is CCOC(=O)C1CCN(C(=O)C=Cc2ccc(Sc3ccc4c(c3)OCCO4)c(C(F)(F)F)c2)CC1. The van der Waals surface area contributed by atoms with Gasteiger partial charge in [0.1, 0.15) is 13.2 Å². The predicted octanol–water partition coefficient (Wildman–Crippen LogP) is 5.44. The van der Waals surface area contributed by atoms with Crippen LogP contribution in [0.4, 0.5) is 13.2 Å². The summed E-state index contributed by atoms with van der Waals surface area (Å²) in [5.41, 5.74) is -0.518. The summed E-state index contributed by atoms with van der Waals surface area (Å²) >= 11 is 0.983. The van der Waals surface area contributed by atoms with Crippen molar-refractivity contribution in [2.45, 2.75) is 35.7 Å². The van der Waals surface area contributed by atoms with Crippen LogP contribution in [-0.4, -0.2) is 49.7 Å². The van der Waals surface area contributed by atoms with Crippen LogP contribution in [0.1, 0.15) is 30.9 Å². The van der Waals surface area contributed by atoms with Crippen LogP contribution in [-0.2, 0) is 20.5 Å². The Morgan fingerprint density at radius 1 is 1.08 bits per heavy atom. The number of amides is 1. The zero-order valence-corrected chi connectivity index (χ0v) is 20.5. The quantitative estimate of drug-likeness (QED) is 0.373. The maximum absolute atomic E-state index is 13.9. The molecule has 6 nitrogen and oxygen atoms in total. The van der Waals surface area contributed by atoms with Crippen LogP contribution in [0.5, 0.6) is 11.5 Å². The number of rotatable bonds is 6. The summed E-state index contributed by atoms with van der Waals surface area (Å²) in [7, 11) is 0. The van der Waals surface area contributed by atoms with Gasteiger partial charge in [-0.3, -0.25) is 9.59 Å². The molecule has 192 valence electrons. The molecule has 1 amide bonds. The van der Waals surface area contributed by atoms with Crippen LogP contribution in [0.2, 0.25) is 0 Å². The Bertz CT molecular complexity index is 1140. The highest BCUT2D eigenvalue weighted by molar-refractivity contribution is 7.99. The van der Waals surface area contributed by atoms with Gasteiger partial charge in [-0.25, -0.2) is 0 Å². The third-order valence-electron chi connectivity index (χ3n) is 5.90. The molecule has 0 aromatic heterocycles. The van der Waals surface area contributed by atoms with E-state index in [4.69, 9.17) is 14.2 Å². The Morgan fingerprint density at radius 2 is 1.81 bits per heavy atom. The molecular formula is C26H26F3NO5S. The van der Waals surface area contributed by atoms with Crippen molar-refractivity contribution in [3.63, 3.8) is 0 Å². The normalized spacial score (nSPS) is 16.3. The van der Waals surface area contributed by atoms with E-state index in [1.54, 1.807) is 36.1 Å². The number of benzene rings is 2. The Hall–Kier alpha value is -3.14. The van der Waals surface area contributed by atoms with Crippen LogP contribution < -0.4 is 9.47 Å². The predicted molar refractivity (Wildman–Crippen MR) is 128 cm³/mol. The van der Waals surface area contributed by atoms with Gasteiger partial charge in [0.15, 0.2) is 11.5 Å². The molecule has 36 heavy (non-hydrogen) atoms. The number of ether oxygens (including phenoxy) is 3. The summed E-state index contributed by atoms with van der Waals surface area (Å²) < 4.78 is 57.6. The molecule has 1 fully saturated rings. The molecule has 0 unspecified atom stereocenters. The number of esters is 1. The van der Waals surface area contributed by atoms with Gasteiger partial charge in [-0.05, 0) is 61.7 Å². The van der Waals surface area contributed by atoms with Gasteiger partial charge in [-0.1, -0.05) is 17.8 Å². The lowest BCUT2D eigenvalue weighted by Gasteiger charge is -2.30. The van der Waals surface area contributed by atoms with E-state index < -0.39 is 11.7 Å². The van der Waals surface area contributed by atoms with E-state index >= 15 is 0 Å². The summed E-state index contributed by atoms with van der Waals surface area (Å²) in [5.74, 6) is 0.280. The number of carbonyl (C=O) groups excluding carboxylic acids is 2. The largest absolute Gasteiger partial charge is 0.486 e. The smallest absolute Gasteiger partial charge is 0.417 e. The summed E-state index contributed by atoms with van der Waals surface area (Å²) in [4.78, 5) is 26.6. The number of nitrogens with zero attached hydrogens (tertiary/aromatic N) is 1. The first-order valence-electron chi connectivity index (χ1n) is 11.7. The summed E-state index contributed by atoms with van der Waals surface area (Å²) in [6.45, 7) is 3.67. The van der Waals surface area contributed by atoms with Crippen LogP contribution >= 0.6 is 11.8 Å². The molecule has 2 aliphatic rings. The average Bonchev–Trinajstić information content (AvgIpc) is 2.87. The molecule has 0 aliphatic carbocycles. The fraction of sp³-hybridized carbons (Fsp3) is 0.385. The minimum Gasteiger partial charge on any atom is -0.486 e. The number of hydrogen-bond acceptors (Lipinski definition) is 6. The Balaban J connectivity index is 1.44. The number of alkyl halides is 3. The van der Waals surface area contributed by atoms with Crippen molar-refractivity contribution in [3.05, 3.63) is 53.6 Å². The first kappa shape index (κ1) is 25.9. The minimum absolute atomic E-state index is 0.0451. The van der Waals surface area contributed by atoms with Crippen molar-refractivity contribution in [2.75, 3.05) is 32.9 Å². The third kappa shape index (κ3) is 6.34. The van der Waals surface area contributed by atoms with Crippen molar-refractivity contribution in [2.24, 2.45) is 5.92 Å². The highest BCUT2D eigenvalue weighted by Gasteiger charge is 2.34. The number of piperidine rings is 1. The molecule has 2 aromatic rings. The van der Waals surface area contributed by atoms with Crippen LogP contribution in [0.25, 0.3) is 6.08 Å². The number of carbonyl (C=O) groups is 2. The Kier molecular flexibility index (Phi) is 8.13. The lowest BCUT2D eigenvalue weighted by molar-refractivity contribution is -0.150. The molecule has 0 radical (unpaired) electrons. The third-order valence-corrected chi connectivity index (χ3v) is 6.96. The van der Waals surface area contributed by atoms with Crippen molar-refractivity contribution >= 4 is 29.7 Å². The van der Waals surface area contributed by atoms with Gasteiger partial charge < -0.3 is 19.1 Å². The number of halogens is 3. The highest BCUT2D eigenvalue weighted by atomic mass is 32.2. The van der Waals surface area contributed by atoms with Crippen molar-refractivity contribution < 1.29 is 37.0 Å². The van der Waals surface area contributed by atoms with E-state index in [1.165, 1.54) is 18.2 Å². The fourth-order valence-corrected chi connectivity index (χ4v) is 5.02. The highest BCUT2D eigenvalue weighted by Crippen LogP contribution is 2.42. The molecule has 0 bridgehead atoms. The van der Waals surface area contributed by atoms with Gasteiger partial charge >= 0.3 is 12.1 Å². The number of likely N-dealkylation sites (tertiary alicyclic amines) is 1. The van der Waals surface area contributed by atoms with Crippen molar-refractivity contribution in [1.29, 1.82) is 0 Å². The summed E-state index contributed by atoms with van der Waals surface area (Å²) in [5, 5.41) is 0. The van der Waals surface area contributed by atoms with E-state index in [1.807, 2.05) is 0 Å². The number of fused-ring (bicyclic) bond motifs is 1. The molecule has 10 heteroatoms. The molecule has 2 aromatic carbocycles. The zero-order valence-electron chi connectivity index (χ0n) is 19.7. The van der Waals surface area contributed by atoms with E-state index in [0.29, 0.717) is 62.1 Å². The summed E-state index contributed by atoms with van der Waals surface area (Å²) in [6, 6.07) is 9.03. The molecule has 1 saturated heterocycles. The standard InChI is InChI=1S/C26H26F3NO5S/c1-2-33-25(32)18-9-11-30(12-10-18)24(31)8-4-17-3-7-23(20(15-17)26(27,28)29)36-19-5-6-21-22(16-19)35-14-13-34-21/h3-8,15-16,18H,2,9-14H2,1H3. The topological polar surface area (TPSA) is 65.1 Å². The average molecular weight is 522 g/mol. The Labute approximate surface area is 211 Å². The Morgan fingerprint density at radius 3 is 2.50 bits per heavy atom. The second-order valence-corrected chi connectivity index (χ2v) is 9.46. The monoisotopic (exact) mass is 521 g/mol. The minimum atomic E-state index is -4.57. The zero-order chi connectivity index (χ0) is 25.7. The number of hydrogen-bond donors (Lipinski definition) is 0. The van der Waals surface area contributed by atoms with Gasteiger partial charge in [0, 0.05) is 29.0 Å². The van der Waals surface area contributed by atoms with E-state index in [-0.39, 0.29) is 28.3 Å². The second-order valence-electron chi connectivity index (χ2n) is 8.35. The van der Waals surface area contributed by atoms with Gasteiger partial charge in [0.05, 0.1) is 18.1 Å². The maximum atomic E-state index is 13.9.